The van der Waals surface area contributed by atoms with Crippen molar-refractivity contribution < 1.29 is 18.0 Å². The molecular formula is C15H19F3N2O. The Hall–Kier alpha value is -1.56. The number of rotatable bonds is 3. The van der Waals surface area contributed by atoms with Crippen molar-refractivity contribution in [3.8, 4) is 0 Å². The van der Waals surface area contributed by atoms with Gasteiger partial charge in [-0.15, -0.1) is 0 Å². The first-order valence-corrected chi connectivity index (χ1v) is 7.04. The topological polar surface area (TPSA) is 32.3 Å². The van der Waals surface area contributed by atoms with Gasteiger partial charge in [-0.05, 0) is 49.6 Å². The molecule has 2 rings (SSSR count). The van der Waals surface area contributed by atoms with Crippen molar-refractivity contribution in [1.29, 1.82) is 0 Å². The maximum atomic E-state index is 12.4. The van der Waals surface area contributed by atoms with Crippen molar-refractivity contribution in [2.45, 2.75) is 25.9 Å². The fourth-order valence-corrected chi connectivity index (χ4v) is 2.58. The average Bonchev–Trinajstić information content (AvgIpc) is 2.38. The van der Waals surface area contributed by atoms with E-state index in [1.165, 1.54) is 18.6 Å². The van der Waals surface area contributed by atoms with Crippen LogP contribution in [-0.4, -0.2) is 30.4 Å². The largest absolute Gasteiger partial charge is 0.416 e. The number of benzene rings is 1. The summed E-state index contributed by atoms with van der Waals surface area (Å²) in [4.78, 5) is 14.0. The normalized spacial score (nSPS) is 20.3. The van der Waals surface area contributed by atoms with Gasteiger partial charge in [0.1, 0.15) is 0 Å². The summed E-state index contributed by atoms with van der Waals surface area (Å²) in [6.07, 6.45) is -2.10. The standard InChI is InChI=1S/C15H19F3N2O/c1-11-3-2-8-20(9-11)10-14(21)19-13-6-4-12(5-7-13)15(16,17)18/h4-7,11H,2-3,8-10H2,1H3,(H,19,21)/t11-/m1/s1. The second-order valence-corrected chi connectivity index (χ2v) is 5.61. The Morgan fingerprint density at radius 1 is 1.33 bits per heavy atom. The number of anilines is 1. The van der Waals surface area contributed by atoms with Crippen LogP contribution in [0.15, 0.2) is 24.3 Å². The van der Waals surface area contributed by atoms with Crippen molar-refractivity contribution in [1.82, 2.24) is 4.90 Å². The van der Waals surface area contributed by atoms with Gasteiger partial charge in [0.15, 0.2) is 0 Å². The van der Waals surface area contributed by atoms with E-state index < -0.39 is 11.7 Å². The van der Waals surface area contributed by atoms with Crippen LogP contribution in [0.2, 0.25) is 0 Å². The quantitative estimate of drug-likeness (QED) is 0.928. The first-order valence-electron chi connectivity index (χ1n) is 7.04. The molecule has 0 saturated carbocycles. The minimum atomic E-state index is -4.35. The summed E-state index contributed by atoms with van der Waals surface area (Å²) in [6, 6.07) is 4.50. The second-order valence-electron chi connectivity index (χ2n) is 5.61. The summed E-state index contributed by atoms with van der Waals surface area (Å²) in [6.45, 7) is 4.22. The lowest BCUT2D eigenvalue weighted by Gasteiger charge is -2.30. The van der Waals surface area contributed by atoms with Crippen LogP contribution in [0.25, 0.3) is 0 Å². The summed E-state index contributed by atoms with van der Waals surface area (Å²) in [5.41, 5.74) is -0.330. The highest BCUT2D eigenvalue weighted by Gasteiger charge is 2.30. The maximum Gasteiger partial charge on any atom is 0.416 e. The number of likely N-dealkylation sites (tertiary alicyclic amines) is 1. The number of nitrogens with zero attached hydrogens (tertiary/aromatic N) is 1. The van der Waals surface area contributed by atoms with E-state index in [0.717, 1.165) is 31.6 Å². The number of hydrogen-bond acceptors (Lipinski definition) is 2. The van der Waals surface area contributed by atoms with Gasteiger partial charge in [0.25, 0.3) is 0 Å². The van der Waals surface area contributed by atoms with Gasteiger partial charge in [-0.3, -0.25) is 9.69 Å². The molecule has 1 aromatic carbocycles. The molecule has 1 heterocycles. The molecule has 0 radical (unpaired) electrons. The van der Waals surface area contributed by atoms with Crippen molar-refractivity contribution in [2.24, 2.45) is 5.92 Å². The zero-order valence-electron chi connectivity index (χ0n) is 11.9. The molecule has 1 saturated heterocycles. The van der Waals surface area contributed by atoms with Crippen LogP contribution in [0.1, 0.15) is 25.3 Å². The van der Waals surface area contributed by atoms with Gasteiger partial charge in [-0.25, -0.2) is 0 Å². The molecule has 1 amide bonds. The molecule has 3 nitrogen and oxygen atoms in total. The van der Waals surface area contributed by atoms with Gasteiger partial charge in [0.2, 0.25) is 5.91 Å². The number of nitrogens with one attached hydrogen (secondary N) is 1. The van der Waals surface area contributed by atoms with Crippen LogP contribution in [-0.2, 0) is 11.0 Å². The van der Waals surface area contributed by atoms with Gasteiger partial charge in [-0.2, -0.15) is 13.2 Å². The maximum absolute atomic E-state index is 12.4. The summed E-state index contributed by atoms with van der Waals surface area (Å²) < 4.78 is 37.3. The van der Waals surface area contributed by atoms with Gasteiger partial charge in [0.05, 0.1) is 12.1 Å². The summed E-state index contributed by atoms with van der Waals surface area (Å²) in [7, 11) is 0. The predicted molar refractivity (Wildman–Crippen MR) is 74.9 cm³/mol. The fraction of sp³-hybridized carbons (Fsp3) is 0.533. The second kappa shape index (κ2) is 6.47. The lowest BCUT2D eigenvalue weighted by Crippen LogP contribution is -2.39. The number of halogens is 3. The molecule has 116 valence electrons. The first-order chi connectivity index (χ1) is 9.84. The lowest BCUT2D eigenvalue weighted by atomic mass is 10.0. The monoisotopic (exact) mass is 300 g/mol. The highest BCUT2D eigenvalue weighted by molar-refractivity contribution is 5.92. The van der Waals surface area contributed by atoms with Crippen LogP contribution >= 0.6 is 0 Å². The van der Waals surface area contributed by atoms with Crippen molar-refractivity contribution in [2.75, 3.05) is 25.0 Å². The Balaban J connectivity index is 1.87. The zero-order chi connectivity index (χ0) is 15.5. The molecule has 0 spiro atoms. The molecule has 1 N–H and O–H groups in total. The SMILES string of the molecule is C[C@@H]1CCCN(CC(=O)Nc2ccc(C(F)(F)F)cc2)C1. The van der Waals surface area contributed by atoms with Gasteiger partial charge < -0.3 is 5.32 Å². The van der Waals surface area contributed by atoms with Crippen molar-refractivity contribution >= 4 is 11.6 Å². The molecule has 1 aromatic rings. The molecule has 6 heteroatoms. The minimum absolute atomic E-state index is 0.191. The van der Waals surface area contributed by atoms with Gasteiger partial charge in [0, 0.05) is 12.2 Å². The molecule has 0 unspecified atom stereocenters. The van der Waals surface area contributed by atoms with E-state index in [-0.39, 0.29) is 12.5 Å². The van der Waals surface area contributed by atoms with E-state index in [4.69, 9.17) is 0 Å². The van der Waals surface area contributed by atoms with E-state index in [2.05, 4.69) is 17.1 Å². The third-order valence-electron chi connectivity index (χ3n) is 3.60. The Labute approximate surface area is 122 Å². The smallest absolute Gasteiger partial charge is 0.325 e. The van der Waals surface area contributed by atoms with Gasteiger partial charge in [-0.1, -0.05) is 6.92 Å². The van der Waals surface area contributed by atoms with E-state index >= 15 is 0 Å². The molecule has 0 aliphatic carbocycles. The lowest BCUT2D eigenvalue weighted by molar-refractivity contribution is -0.137. The number of carbonyl (C=O) groups is 1. The highest BCUT2D eigenvalue weighted by Crippen LogP contribution is 2.29. The van der Waals surface area contributed by atoms with Crippen LogP contribution in [0.5, 0.6) is 0 Å². The molecule has 1 atom stereocenters. The van der Waals surface area contributed by atoms with Crippen LogP contribution in [0.3, 0.4) is 0 Å². The van der Waals surface area contributed by atoms with Gasteiger partial charge >= 0.3 is 6.18 Å². The Bertz CT molecular complexity index is 485. The Kier molecular flexibility index (Phi) is 4.88. The Morgan fingerprint density at radius 2 is 2.00 bits per heavy atom. The third kappa shape index (κ3) is 4.74. The number of carbonyl (C=O) groups excluding carboxylic acids is 1. The number of alkyl halides is 3. The van der Waals surface area contributed by atoms with E-state index in [1.807, 2.05) is 0 Å². The van der Waals surface area contributed by atoms with Crippen molar-refractivity contribution in [3.63, 3.8) is 0 Å². The van der Waals surface area contributed by atoms with Crippen molar-refractivity contribution in [3.05, 3.63) is 29.8 Å². The van der Waals surface area contributed by atoms with E-state index in [1.54, 1.807) is 0 Å². The van der Waals surface area contributed by atoms with Crippen LogP contribution < -0.4 is 5.32 Å². The Morgan fingerprint density at radius 3 is 2.57 bits per heavy atom. The minimum Gasteiger partial charge on any atom is -0.325 e. The number of piperidine rings is 1. The first kappa shape index (κ1) is 15.8. The number of amides is 1. The summed E-state index contributed by atoms with van der Waals surface area (Å²) in [5, 5.41) is 2.63. The third-order valence-corrected chi connectivity index (χ3v) is 3.60. The molecule has 1 aliphatic heterocycles. The van der Waals surface area contributed by atoms with Crippen LogP contribution in [0.4, 0.5) is 18.9 Å². The van der Waals surface area contributed by atoms with E-state index in [9.17, 15) is 18.0 Å². The predicted octanol–water partition coefficient (Wildman–Crippen LogP) is 3.38. The number of hydrogen-bond donors (Lipinski definition) is 1. The summed E-state index contributed by atoms with van der Waals surface area (Å²) in [5.74, 6) is 0.390. The molecule has 21 heavy (non-hydrogen) atoms. The van der Waals surface area contributed by atoms with Crippen LogP contribution in [0, 0.1) is 5.92 Å². The van der Waals surface area contributed by atoms with E-state index in [0.29, 0.717) is 11.6 Å². The molecule has 0 aromatic heterocycles. The summed E-state index contributed by atoms with van der Waals surface area (Å²) >= 11 is 0. The molecule has 1 aliphatic rings. The zero-order valence-corrected chi connectivity index (χ0v) is 11.9. The highest BCUT2D eigenvalue weighted by atomic mass is 19.4. The molecule has 1 fully saturated rings. The average molecular weight is 300 g/mol. The molecular weight excluding hydrogens is 281 g/mol. The fourth-order valence-electron chi connectivity index (χ4n) is 2.58. The molecule has 0 bridgehead atoms.